The van der Waals surface area contributed by atoms with Crippen molar-refractivity contribution in [1.82, 2.24) is 14.5 Å². The number of nitrogens with zero attached hydrogens (tertiary/aromatic N) is 3. The third-order valence-electron chi connectivity index (χ3n) is 3.55. The Kier molecular flexibility index (Phi) is 5.42. The zero-order chi connectivity index (χ0) is 14.8. The molecule has 3 aromatic rings. The quantitative estimate of drug-likeness (QED) is 0.714. The fourth-order valence-electron chi connectivity index (χ4n) is 2.51. The summed E-state index contributed by atoms with van der Waals surface area (Å²) in [5.41, 5.74) is 8.89. The topological polar surface area (TPSA) is 56.7 Å². The first-order valence-corrected chi connectivity index (χ1v) is 7.85. The molecule has 0 radical (unpaired) electrons. The Morgan fingerprint density at radius 1 is 1.27 bits per heavy atom. The van der Waals surface area contributed by atoms with Gasteiger partial charge in [0.25, 0.3) is 0 Å². The molecule has 22 heavy (non-hydrogen) atoms. The fraction of sp³-hybridized carbons (Fsp3) is 0.250. The molecule has 0 aliphatic heterocycles. The Morgan fingerprint density at radius 3 is 2.82 bits per heavy atom. The van der Waals surface area contributed by atoms with Gasteiger partial charge >= 0.3 is 0 Å². The smallest absolute Gasteiger partial charge is 0.220 e. The molecule has 6 heteroatoms. The lowest BCUT2D eigenvalue weighted by molar-refractivity contribution is 0.650. The monoisotopic (exact) mass is 380 g/mol. The highest BCUT2D eigenvalue weighted by Crippen LogP contribution is 2.31. The maximum absolute atomic E-state index is 5.71. The normalized spacial score (nSPS) is 10.6. The van der Waals surface area contributed by atoms with Crippen LogP contribution >= 0.6 is 28.3 Å². The summed E-state index contributed by atoms with van der Waals surface area (Å²) in [6.07, 6.45) is 6.19. The van der Waals surface area contributed by atoms with Gasteiger partial charge in [-0.2, -0.15) is 0 Å². The van der Waals surface area contributed by atoms with E-state index < -0.39 is 0 Å². The van der Waals surface area contributed by atoms with Crippen LogP contribution < -0.4 is 5.73 Å². The van der Waals surface area contributed by atoms with Gasteiger partial charge in [0.15, 0.2) is 0 Å². The van der Waals surface area contributed by atoms with Crippen molar-refractivity contribution in [2.75, 3.05) is 5.73 Å². The molecule has 0 aliphatic carbocycles. The summed E-state index contributed by atoms with van der Waals surface area (Å²) in [7, 11) is 0. The molecule has 4 nitrogen and oxygen atoms in total. The number of benzene rings is 1. The highest BCUT2D eigenvalue weighted by molar-refractivity contribution is 9.10. The molecule has 0 atom stereocenters. The van der Waals surface area contributed by atoms with Gasteiger partial charge in [0.05, 0.1) is 5.69 Å². The van der Waals surface area contributed by atoms with Crippen LogP contribution in [0.4, 0.5) is 5.95 Å². The van der Waals surface area contributed by atoms with E-state index in [1.165, 1.54) is 17.3 Å². The van der Waals surface area contributed by atoms with Crippen LogP contribution in [0.25, 0.3) is 22.2 Å². The second-order valence-corrected chi connectivity index (χ2v) is 5.97. The predicted molar refractivity (Wildman–Crippen MR) is 97.2 cm³/mol. The Bertz CT molecular complexity index is 785. The summed E-state index contributed by atoms with van der Waals surface area (Å²) in [5.74, 6) is 0.305. The molecular weight excluding hydrogens is 364 g/mol. The number of unbranched alkanes of at least 4 members (excludes halogenated alkanes) is 1. The zero-order valence-electron chi connectivity index (χ0n) is 12.3. The highest BCUT2D eigenvalue weighted by atomic mass is 79.9. The van der Waals surface area contributed by atoms with Gasteiger partial charge < -0.3 is 10.3 Å². The number of nitrogens with two attached hydrogens (primary N) is 1. The summed E-state index contributed by atoms with van der Waals surface area (Å²) < 4.78 is 3.37. The van der Waals surface area contributed by atoms with E-state index >= 15 is 0 Å². The lowest BCUT2D eigenvalue weighted by Crippen LogP contribution is -1.96. The minimum atomic E-state index is 0. The molecule has 0 bridgehead atoms. The largest absolute Gasteiger partial charge is 0.368 e. The van der Waals surface area contributed by atoms with E-state index in [-0.39, 0.29) is 12.4 Å². The first-order chi connectivity index (χ1) is 10.2. The fourth-order valence-corrected chi connectivity index (χ4v) is 2.86. The molecule has 1 aromatic carbocycles. The number of rotatable bonds is 4. The predicted octanol–water partition coefficient (Wildman–Crippen LogP) is 4.66. The number of aromatic nitrogens is 3. The Morgan fingerprint density at radius 2 is 2.09 bits per heavy atom. The molecule has 2 heterocycles. The Balaban J connectivity index is 0.00000176. The minimum Gasteiger partial charge on any atom is -0.368 e. The molecule has 0 spiro atoms. The average molecular weight is 382 g/mol. The van der Waals surface area contributed by atoms with Crippen LogP contribution in [0.3, 0.4) is 0 Å². The molecule has 0 fully saturated rings. The molecule has 0 saturated carbocycles. The molecule has 0 unspecified atom stereocenters. The molecule has 3 rings (SSSR count). The Hall–Kier alpha value is -1.59. The van der Waals surface area contributed by atoms with Crippen molar-refractivity contribution in [1.29, 1.82) is 0 Å². The highest BCUT2D eigenvalue weighted by Gasteiger charge is 2.12. The Labute approximate surface area is 144 Å². The minimum absolute atomic E-state index is 0. The third-order valence-corrected chi connectivity index (χ3v) is 4.04. The summed E-state index contributed by atoms with van der Waals surface area (Å²) in [5, 5.41) is 1.19. The van der Waals surface area contributed by atoms with Crippen molar-refractivity contribution in [2.24, 2.45) is 0 Å². The first-order valence-electron chi connectivity index (χ1n) is 7.06. The molecule has 2 N–H and O–H groups in total. The van der Waals surface area contributed by atoms with Crippen molar-refractivity contribution in [3.63, 3.8) is 0 Å². The van der Waals surface area contributed by atoms with E-state index in [0.717, 1.165) is 28.7 Å². The number of aryl methyl sites for hydroxylation is 1. The van der Waals surface area contributed by atoms with Crippen LogP contribution in [-0.4, -0.2) is 14.5 Å². The van der Waals surface area contributed by atoms with Crippen LogP contribution in [0.1, 0.15) is 19.8 Å². The molecule has 0 saturated heterocycles. The van der Waals surface area contributed by atoms with Crippen LogP contribution in [-0.2, 0) is 6.54 Å². The van der Waals surface area contributed by atoms with E-state index in [1.807, 2.05) is 6.07 Å². The van der Waals surface area contributed by atoms with Crippen LogP contribution in [0, 0.1) is 0 Å². The lowest BCUT2D eigenvalue weighted by atomic mass is 10.1. The summed E-state index contributed by atoms with van der Waals surface area (Å²) in [6, 6.07) is 8.23. The van der Waals surface area contributed by atoms with Crippen LogP contribution in [0.5, 0.6) is 0 Å². The van der Waals surface area contributed by atoms with Gasteiger partial charge in [0.1, 0.15) is 0 Å². The number of fused-ring (bicyclic) bond motifs is 1. The van der Waals surface area contributed by atoms with E-state index in [1.54, 1.807) is 6.20 Å². The van der Waals surface area contributed by atoms with Crippen molar-refractivity contribution in [2.45, 2.75) is 26.3 Å². The van der Waals surface area contributed by atoms with Crippen LogP contribution in [0.2, 0.25) is 0 Å². The standard InChI is InChI=1S/C16H17BrN4.ClH/c1-2-3-8-21-10-13(14-6-7-19-16(18)20-14)12-5-4-11(17)9-15(12)21;/h4-7,9-10H,2-3,8H2,1H3,(H2,18,19,20);1H. The summed E-state index contributed by atoms with van der Waals surface area (Å²) in [6.45, 7) is 3.21. The number of anilines is 1. The van der Waals surface area contributed by atoms with E-state index in [9.17, 15) is 0 Å². The zero-order valence-corrected chi connectivity index (χ0v) is 14.7. The van der Waals surface area contributed by atoms with Crippen LogP contribution in [0.15, 0.2) is 41.1 Å². The van der Waals surface area contributed by atoms with Crippen molar-refractivity contribution < 1.29 is 0 Å². The van der Waals surface area contributed by atoms with Crippen molar-refractivity contribution in [3.8, 4) is 11.3 Å². The van der Waals surface area contributed by atoms with Gasteiger partial charge in [-0.1, -0.05) is 35.3 Å². The maximum atomic E-state index is 5.71. The average Bonchev–Trinajstić information content (AvgIpc) is 2.83. The lowest BCUT2D eigenvalue weighted by Gasteiger charge is -2.03. The molecule has 116 valence electrons. The molecule has 2 aromatic heterocycles. The van der Waals surface area contributed by atoms with Gasteiger partial charge in [-0.05, 0) is 24.6 Å². The number of halogens is 2. The first kappa shape index (κ1) is 16.8. The van der Waals surface area contributed by atoms with Gasteiger partial charge in [-0.15, -0.1) is 12.4 Å². The second-order valence-electron chi connectivity index (χ2n) is 5.05. The van der Waals surface area contributed by atoms with Crippen molar-refractivity contribution >= 4 is 45.2 Å². The van der Waals surface area contributed by atoms with Gasteiger partial charge in [0, 0.05) is 39.9 Å². The maximum Gasteiger partial charge on any atom is 0.220 e. The number of nitrogen functional groups attached to an aromatic ring is 1. The van der Waals surface area contributed by atoms with E-state index in [2.05, 4.69) is 61.8 Å². The molecule has 0 aliphatic rings. The second kappa shape index (κ2) is 7.11. The third kappa shape index (κ3) is 3.25. The molecule has 0 amide bonds. The molecular formula is C16H18BrClN4. The van der Waals surface area contributed by atoms with E-state index in [0.29, 0.717) is 5.95 Å². The van der Waals surface area contributed by atoms with Gasteiger partial charge in [-0.25, -0.2) is 9.97 Å². The van der Waals surface area contributed by atoms with Crippen molar-refractivity contribution in [3.05, 3.63) is 41.1 Å². The SMILES string of the molecule is CCCCn1cc(-c2ccnc(N)n2)c2ccc(Br)cc21.Cl. The van der Waals surface area contributed by atoms with Gasteiger partial charge in [-0.3, -0.25) is 0 Å². The number of hydrogen-bond acceptors (Lipinski definition) is 3. The number of hydrogen-bond donors (Lipinski definition) is 1. The summed E-state index contributed by atoms with van der Waals surface area (Å²) >= 11 is 3.55. The van der Waals surface area contributed by atoms with E-state index in [4.69, 9.17) is 5.73 Å². The van der Waals surface area contributed by atoms with Gasteiger partial charge in [0.2, 0.25) is 5.95 Å². The summed E-state index contributed by atoms with van der Waals surface area (Å²) in [4.78, 5) is 8.32.